The van der Waals surface area contributed by atoms with E-state index < -0.39 is 0 Å². The number of nitrogens with zero attached hydrogens (tertiary/aromatic N) is 5. The first kappa shape index (κ1) is 22.8. The van der Waals surface area contributed by atoms with Gasteiger partial charge in [-0.05, 0) is 43.5 Å². The van der Waals surface area contributed by atoms with Gasteiger partial charge >= 0.3 is 0 Å². The zero-order valence-corrected chi connectivity index (χ0v) is 20.0. The van der Waals surface area contributed by atoms with Crippen molar-refractivity contribution in [3.8, 4) is 0 Å². The number of likely N-dealkylation sites (tertiary alicyclic amines) is 1. The normalized spacial score (nSPS) is 20.1. The molecule has 0 spiro atoms. The molecule has 7 heteroatoms. The van der Waals surface area contributed by atoms with E-state index in [-0.39, 0.29) is 0 Å². The third kappa shape index (κ3) is 5.88. The van der Waals surface area contributed by atoms with Crippen LogP contribution in [0.15, 0.2) is 29.3 Å². The summed E-state index contributed by atoms with van der Waals surface area (Å²) in [5, 5.41) is 11.9. The predicted molar refractivity (Wildman–Crippen MR) is 130 cm³/mol. The van der Waals surface area contributed by atoms with Gasteiger partial charge in [-0.25, -0.2) is 9.67 Å². The number of rotatable bonds is 6. The number of benzene rings is 1. The summed E-state index contributed by atoms with van der Waals surface area (Å²) in [5.74, 6) is 3.27. The molecule has 3 heterocycles. The topological polar surface area (TPSA) is 70.4 Å². The minimum atomic E-state index is 0.308. The molecule has 0 bridgehead atoms. The second-order valence-electron chi connectivity index (χ2n) is 9.49. The Hall–Kier alpha value is -2.41. The predicted octanol–water partition coefficient (Wildman–Crippen LogP) is 3.46. The SMILES string of the molecule is CN=C(NCc1ccccc1CN1CCCCCC1)NC1CCc2nc(C(C)C)nn2C1. The molecule has 1 atom stereocenters. The van der Waals surface area contributed by atoms with Crippen molar-refractivity contribution in [3.63, 3.8) is 0 Å². The van der Waals surface area contributed by atoms with E-state index in [9.17, 15) is 0 Å². The monoisotopic (exact) mass is 437 g/mol. The van der Waals surface area contributed by atoms with Gasteiger partial charge in [0.25, 0.3) is 0 Å². The van der Waals surface area contributed by atoms with Crippen LogP contribution >= 0.6 is 0 Å². The molecule has 1 aromatic heterocycles. The molecule has 0 saturated carbocycles. The fraction of sp³-hybridized carbons (Fsp3) is 0.640. The first-order valence-corrected chi connectivity index (χ1v) is 12.3. The molecule has 2 N–H and O–H groups in total. The summed E-state index contributed by atoms with van der Waals surface area (Å²) < 4.78 is 2.07. The molecule has 1 saturated heterocycles. The molecule has 2 aliphatic heterocycles. The third-order valence-electron chi connectivity index (χ3n) is 6.61. The molecule has 2 aromatic rings. The Morgan fingerprint density at radius 1 is 1.12 bits per heavy atom. The Balaban J connectivity index is 1.33. The van der Waals surface area contributed by atoms with Gasteiger partial charge < -0.3 is 10.6 Å². The Kier molecular flexibility index (Phi) is 7.79. The summed E-state index contributed by atoms with van der Waals surface area (Å²) in [6.45, 7) is 9.38. The highest BCUT2D eigenvalue weighted by molar-refractivity contribution is 5.80. The van der Waals surface area contributed by atoms with Gasteiger partial charge in [-0.3, -0.25) is 9.89 Å². The lowest BCUT2D eigenvalue weighted by molar-refractivity contribution is 0.276. The molecule has 1 unspecified atom stereocenters. The number of aromatic nitrogens is 3. The highest BCUT2D eigenvalue weighted by Gasteiger charge is 2.23. The maximum atomic E-state index is 4.70. The number of guanidine groups is 1. The first-order chi connectivity index (χ1) is 15.6. The molecule has 4 rings (SSSR count). The summed E-state index contributed by atoms with van der Waals surface area (Å²) in [6, 6.07) is 9.12. The minimum Gasteiger partial charge on any atom is -0.352 e. The maximum Gasteiger partial charge on any atom is 0.191 e. The van der Waals surface area contributed by atoms with E-state index in [0.717, 1.165) is 50.1 Å². The fourth-order valence-electron chi connectivity index (χ4n) is 4.68. The lowest BCUT2D eigenvalue weighted by atomic mass is 10.1. The van der Waals surface area contributed by atoms with Gasteiger partial charge in [0.15, 0.2) is 11.8 Å². The van der Waals surface area contributed by atoms with E-state index >= 15 is 0 Å². The van der Waals surface area contributed by atoms with Crippen LogP contribution in [0.25, 0.3) is 0 Å². The van der Waals surface area contributed by atoms with Gasteiger partial charge in [0.1, 0.15) is 5.82 Å². The zero-order chi connectivity index (χ0) is 22.3. The van der Waals surface area contributed by atoms with Crippen molar-refractivity contribution in [2.45, 2.75) is 84.0 Å². The quantitative estimate of drug-likeness (QED) is 0.535. The van der Waals surface area contributed by atoms with E-state index in [2.05, 4.69) is 63.3 Å². The Morgan fingerprint density at radius 2 is 1.88 bits per heavy atom. The second kappa shape index (κ2) is 10.9. The van der Waals surface area contributed by atoms with Crippen molar-refractivity contribution >= 4 is 5.96 Å². The summed E-state index contributed by atoms with van der Waals surface area (Å²) in [7, 11) is 1.85. The highest BCUT2D eigenvalue weighted by atomic mass is 15.4. The van der Waals surface area contributed by atoms with Crippen LogP contribution in [-0.4, -0.2) is 51.8 Å². The second-order valence-corrected chi connectivity index (χ2v) is 9.49. The van der Waals surface area contributed by atoms with Crippen LogP contribution < -0.4 is 10.6 Å². The molecule has 0 amide bonds. The standard InChI is InChI=1S/C25H39N7/c1-19(2)24-29-23-13-12-22(18-32(23)30-24)28-25(26-3)27-16-20-10-6-7-11-21(20)17-31-14-8-4-5-9-15-31/h6-7,10-11,19,22H,4-5,8-9,12-18H2,1-3H3,(H2,26,27,28). The number of nitrogens with one attached hydrogen (secondary N) is 2. The number of aliphatic imine (C=N–C) groups is 1. The lowest BCUT2D eigenvalue weighted by Crippen LogP contribution is -2.46. The fourth-order valence-corrected chi connectivity index (χ4v) is 4.68. The third-order valence-corrected chi connectivity index (χ3v) is 6.61. The van der Waals surface area contributed by atoms with Gasteiger partial charge in [0.05, 0.1) is 6.54 Å². The van der Waals surface area contributed by atoms with E-state index in [0.29, 0.717) is 12.0 Å². The van der Waals surface area contributed by atoms with Crippen molar-refractivity contribution in [1.82, 2.24) is 30.3 Å². The van der Waals surface area contributed by atoms with Crippen molar-refractivity contribution in [1.29, 1.82) is 0 Å². The van der Waals surface area contributed by atoms with E-state index in [1.807, 2.05) is 7.05 Å². The smallest absolute Gasteiger partial charge is 0.191 e. The van der Waals surface area contributed by atoms with E-state index in [4.69, 9.17) is 10.1 Å². The van der Waals surface area contributed by atoms with Gasteiger partial charge in [-0.1, -0.05) is 51.0 Å². The molecular weight excluding hydrogens is 398 g/mol. The average molecular weight is 438 g/mol. The van der Waals surface area contributed by atoms with Crippen molar-refractivity contribution in [3.05, 3.63) is 47.0 Å². The van der Waals surface area contributed by atoms with Crippen molar-refractivity contribution in [2.24, 2.45) is 4.99 Å². The Bertz CT molecular complexity index is 893. The molecule has 2 aliphatic rings. The van der Waals surface area contributed by atoms with Gasteiger partial charge in [-0.2, -0.15) is 5.10 Å². The van der Waals surface area contributed by atoms with E-state index in [1.165, 1.54) is 49.9 Å². The van der Waals surface area contributed by atoms with Crippen molar-refractivity contribution < 1.29 is 0 Å². The van der Waals surface area contributed by atoms with Crippen molar-refractivity contribution in [2.75, 3.05) is 20.1 Å². The van der Waals surface area contributed by atoms with E-state index in [1.54, 1.807) is 0 Å². The van der Waals surface area contributed by atoms with Crippen LogP contribution in [0, 0.1) is 0 Å². The molecule has 32 heavy (non-hydrogen) atoms. The number of fused-ring (bicyclic) bond motifs is 1. The lowest BCUT2D eigenvalue weighted by Gasteiger charge is -2.26. The molecule has 0 radical (unpaired) electrons. The number of aryl methyl sites for hydroxylation is 1. The molecule has 1 aromatic carbocycles. The highest BCUT2D eigenvalue weighted by Crippen LogP contribution is 2.18. The average Bonchev–Trinajstić information content (AvgIpc) is 3.06. The van der Waals surface area contributed by atoms with Crippen LogP contribution in [0.3, 0.4) is 0 Å². The Morgan fingerprint density at radius 3 is 2.59 bits per heavy atom. The Labute approximate surface area is 192 Å². The minimum absolute atomic E-state index is 0.308. The van der Waals surface area contributed by atoms with Crippen LogP contribution in [0.4, 0.5) is 0 Å². The molecule has 7 nitrogen and oxygen atoms in total. The summed E-state index contributed by atoms with van der Waals surface area (Å²) in [4.78, 5) is 11.8. The first-order valence-electron chi connectivity index (χ1n) is 12.3. The van der Waals surface area contributed by atoms with Crippen LogP contribution in [-0.2, 0) is 26.1 Å². The summed E-state index contributed by atoms with van der Waals surface area (Å²) in [6.07, 6.45) is 7.39. The molecule has 0 aliphatic carbocycles. The van der Waals surface area contributed by atoms with Gasteiger partial charge in [-0.15, -0.1) is 0 Å². The van der Waals surface area contributed by atoms with Gasteiger partial charge in [0.2, 0.25) is 0 Å². The van der Waals surface area contributed by atoms with Crippen LogP contribution in [0.1, 0.15) is 74.6 Å². The maximum absolute atomic E-state index is 4.70. The molecule has 1 fully saturated rings. The molecule has 174 valence electrons. The molecular formula is C25H39N7. The largest absolute Gasteiger partial charge is 0.352 e. The number of hydrogen-bond acceptors (Lipinski definition) is 4. The van der Waals surface area contributed by atoms with Gasteiger partial charge in [0, 0.05) is 38.5 Å². The van der Waals surface area contributed by atoms with Crippen LogP contribution in [0.5, 0.6) is 0 Å². The summed E-state index contributed by atoms with van der Waals surface area (Å²) in [5.41, 5.74) is 2.77. The zero-order valence-electron chi connectivity index (χ0n) is 20.0. The van der Waals surface area contributed by atoms with Crippen LogP contribution in [0.2, 0.25) is 0 Å². The summed E-state index contributed by atoms with van der Waals surface area (Å²) >= 11 is 0. The number of hydrogen-bond donors (Lipinski definition) is 2.